The van der Waals surface area contributed by atoms with Crippen LogP contribution in [0.5, 0.6) is 11.5 Å². The summed E-state index contributed by atoms with van der Waals surface area (Å²) in [5.41, 5.74) is 2.21. The molecule has 1 amide bonds. The number of para-hydroxylation sites is 2. The number of halogens is 1. The van der Waals surface area contributed by atoms with Gasteiger partial charge in [0.1, 0.15) is 11.5 Å². The third kappa shape index (κ3) is 4.56. The Morgan fingerprint density at radius 1 is 1.07 bits per heavy atom. The van der Waals surface area contributed by atoms with Crippen molar-refractivity contribution in [3.8, 4) is 11.5 Å². The van der Waals surface area contributed by atoms with Crippen LogP contribution in [0.4, 0.5) is 5.69 Å². The number of carbonyl (C=O) groups excluding carboxylic acids is 1. The normalized spacial score (nSPS) is 15.4. The van der Waals surface area contributed by atoms with E-state index in [0.29, 0.717) is 18.8 Å². The highest BCUT2D eigenvalue weighted by Gasteiger charge is 2.27. The monoisotopic (exact) mass is 432 g/mol. The Morgan fingerprint density at radius 3 is 2.44 bits per heavy atom. The molecule has 1 heterocycles. The molecule has 0 aliphatic carbocycles. The molecule has 1 unspecified atom stereocenters. The molecule has 0 aromatic heterocycles. The highest BCUT2D eigenvalue weighted by atomic mass is 79.9. The summed E-state index contributed by atoms with van der Waals surface area (Å²) in [6.45, 7) is 6.70. The summed E-state index contributed by atoms with van der Waals surface area (Å²) in [5, 5.41) is 0. The predicted molar refractivity (Wildman–Crippen MR) is 111 cm³/mol. The van der Waals surface area contributed by atoms with Crippen molar-refractivity contribution in [2.45, 2.75) is 20.0 Å². The standard InChI is InChI=1S/C21H25BrN2O3/c1-15-8-9-19(17(22)14-15)27-16(2)21(25)24-12-10-23(11-13-24)18-6-4-5-7-20(18)26-3/h4-9,14,16H,10-13H2,1-3H3. The Balaban J connectivity index is 1.59. The SMILES string of the molecule is COc1ccccc1N1CCN(C(=O)C(C)Oc2ccc(C)cc2Br)CC1. The number of amides is 1. The van der Waals surface area contributed by atoms with Crippen molar-refractivity contribution in [2.24, 2.45) is 0 Å². The fraction of sp³-hybridized carbons (Fsp3) is 0.381. The molecular weight excluding hydrogens is 408 g/mol. The minimum absolute atomic E-state index is 0.0159. The molecule has 2 aromatic carbocycles. The van der Waals surface area contributed by atoms with Gasteiger partial charge in [-0.25, -0.2) is 0 Å². The number of aryl methyl sites for hydroxylation is 1. The van der Waals surface area contributed by atoms with Crippen LogP contribution in [0, 0.1) is 6.92 Å². The first-order valence-electron chi connectivity index (χ1n) is 9.09. The third-order valence-corrected chi connectivity index (χ3v) is 5.38. The van der Waals surface area contributed by atoms with Gasteiger partial charge in [0.2, 0.25) is 0 Å². The predicted octanol–water partition coefficient (Wildman–Crippen LogP) is 3.88. The lowest BCUT2D eigenvalue weighted by molar-refractivity contribution is -0.138. The Hall–Kier alpha value is -2.21. The van der Waals surface area contributed by atoms with E-state index in [0.717, 1.165) is 34.6 Å². The van der Waals surface area contributed by atoms with Gasteiger partial charge in [0.15, 0.2) is 6.10 Å². The zero-order valence-electron chi connectivity index (χ0n) is 15.9. The minimum Gasteiger partial charge on any atom is -0.495 e. The van der Waals surface area contributed by atoms with Gasteiger partial charge < -0.3 is 19.3 Å². The summed E-state index contributed by atoms with van der Waals surface area (Å²) < 4.78 is 12.2. The van der Waals surface area contributed by atoms with E-state index in [4.69, 9.17) is 9.47 Å². The topological polar surface area (TPSA) is 42.0 Å². The van der Waals surface area contributed by atoms with Crippen molar-refractivity contribution < 1.29 is 14.3 Å². The zero-order chi connectivity index (χ0) is 19.4. The molecule has 3 rings (SSSR count). The third-order valence-electron chi connectivity index (χ3n) is 4.76. The number of carbonyl (C=O) groups is 1. The molecule has 1 aliphatic heterocycles. The van der Waals surface area contributed by atoms with E-state index in [1.165, 1.54) is 0 Å². The molecule has 0 bridgehead atoms. The summed E-state index contributed by atoms with van der Waals surface area (Å²) in [7, 11) is 1.68. The number of nitrogens with zero attached hydrogens (tertiary/aromatic N) is 2. The van der Waals surface area contributed by atoms with Gasteiger partial charge in [0.05, 0.1) is 17.3 Å². The minimum atomic E-state index is -0.526. The van der Waals surface area contributed by atoms with Gasteiger partial charge in [-0.3, -0.25) is 4.79 Å². The van der Waals surface area contributed by atoms with Crippen molar-refractivity contribution in [3.05, 3.63) is 52.5 Å². The molecular formula is C21H25BrN2O3. The molecule has 27 heavy (non-hydrogen) atoms. The highest BCUT2D eigenvalue weighted by Crippen LogP contribution is 2.29. The molecule has 5 nitrogen and oxygen atoms in total. The summed E-state index contributed by atoms with van der Waals surface area (Å²) in [4.78, 5) is 16.9. The maximum Gasteiger partial charge on any atom is 0.263 e. The molecule has 1 fully saturated rings. The van der Waals surface area contributed by atoms with Crippen LogP contribution >= 0.6 is 15.9 Å². The van der Waals surface area contributed by atoms with Crippen LogP contribution in [-0.4, -0.2) is 50.2 Å². The Labute approximate surface area is 169 Å². The number of piperazine rings is 1. The fourth-order valence-corrected chi connectivity index (χ4v) is 3.84. The molecule has 1 atom stereocenters. The van der Waals surface area contributed by atoms with Crippen LogP contribution in [0.3, 0.4) is 0 Å². The average Bonchev–Trinajstić information content (AvgIpc) is 2.69. The van der Waals surface area contributed by atoms with Gasteiger partial charge in [-0.15, -0.1) is 0 Å². The lowest BCUT2D eigenvalue weighted by Crippen LogP contribution is -2.52. The van der Waals surface area contributed by atoms with Gasteiger partial charge >= 0.3 is 0 Å². The van der Waals surface area contributed by atoms with E-state index in [-0.39, 0.29) is 5.91 Å². The zero-order valence-corrected chi connectivity index (χ0v) is 17.5. The maximum absolute atomic E-state index is 12.8. The number of hydrogen-bond donors (Lipinski definition) is 0. The fourth-order valence-electron chi connectivity index (χ4n) is 3.26. The quantitative estimate of drug-likeness (QED) is 0.718. The Kier molecular flexibility index (Phi) is 6.26. The van der Waals surface area contributed by atoms with Crippen LogP contribution in [-0.2, 0) is 4.79 Å². The number of anilines is 1. The van der Waals surface area contributed by atoms with Gasteiger partial charge in [-0.05, 0) is 59.6 Å². The van der Waals surface area contributed by atoms with Crippen LogP contribution in [0.1, 0.15) is 12.5 Å². The van der Waals surface area contributed by atoms with E-state index in [1.807, 2.05) is 48.2 Å². The molecule has 0 spiro atoms. The van der Waals surface area contributed by atoms with Crippen molar-refractivity contribution >= 4 is 27.5 Å². The second kappa shape index (κ2) is 8.65. The van der Waals surface area contributed by atoms with Crippen molar-refractivity contribution in [1.29, 1.82) is 0 Å². The number of benzene rings is 2. The number of methoxy groups -OCH3 is 1. The van der Waals surface area contributed by atoms with E-state index in [9.17, 15) is 4.79 Å². The first-order valence-corrected chi connectivity index (χ1v) is 9.88. The first-order chi connectivity index (χ1) is 13.0. The van der Waals surface area contributed by atoms with Crippen molar-refractivity contribution in [3.63, 3.8) is 0 Å². The van der Waals surface area contributed by atoms with Gasteiger partial charge in [-0.2, -0.15) is 0 Å². The molecule has 0 radical (unpaired) electrons. The van der Waals surface area contributed by atoms with E-state index < -0.39 is 6.10 Å². The number of hydrogen-bond acceptors (Lipinski definition) is 4. The van der Waals surface area contributed by atoms with Crippen molar-refractivity contribution in [2.75, 3.05) is 38.2 Å². The Bertz CT molecular complexity index is 804. The van der Waals surface area contributed by atoms with E-state index >= 15 is 0 Å². The largest absolute Gasteiger partial charge is 0.495 e. The van der Waals surface area contributed by atoms with E-state index in [2.05, 4.69) is 26.9 Å². The second-order valence-electron chi connectivity index (χ2n) is 6.68. The summed E-state index contributed by atoms with van der Waals surface area (Å²) in [6.07, 6.45) is -0.526. The van der Waals surface area contributed by atoms with Gasteiger partial charge in [0.25, 0.3) is 5.91 Å². The van der Waals surface area contributed by atoms with Gasteiger partial charge in [-0.1, -0.05) is 18.2 Å². The molecule has 6 heteroatoms. The summed E-state index contributed by atoms with van der Waals surface area (Å²) >= 11 is 3.50. The lowest BCUT2D eigenvalue weighted by atomic mass is 10.2. The maximum atomic E-state index is 12.8. The van der Waals surface area contributed by atoms with Gasteiger partial charge in [0, 0.05) is 26.2 Å². The number of rotatable bonds is 5. The lowest BCUT2D eigenvalue weighted by Gasteiger charge is -2.37. The molecule has 1 saturated heterocycles. The summed E-state index contributed by atoms with van der Waals surface area (Å²) in [5.74, 6) is 1.56. The van der Waals surface area contributed by atoms with Crippen LogP contribution in [0.15, 0.2) is 46.9 Å². The molecule has 0 saturated carbocycles. The van der Waals surface area contributed by atoms with E-state index in [1.54, 1.807) is 14.0 Å². The molecule has 144 valence electrons. The van der Waals surface area contributed by atoms with Crippen LogP contribution in [0.25, 0.3) is 0 Å². The average molecular weight is 433 g/mol. The van der Waals surface area contributed by atoms with Crippen LogP contribution in [0.2, 0.25) is 0 Å². The smallest absolute Gasteiger partial charge is 0.263 e. The molecule has 1 aliphatic rings. The first kappa shape index (κ1) is 19.5. The van der Waals surface area contributed by atoms with Crippen molar-refractivity contribution in [1.82, 2.24) is 4.90 Å². The molecule has 0 N–H and O–H groups in total. The van der Waals surface area contributed by atoms with Crippen LogP contribution < -0.4 is 14.4 Å². The second-order valence-corrected chi connectivity index (χ2v) is 7.53. The molecule has 2 aromatic rings. The highest BCUT2D eigenvalue weighted by molar-refractivity contribution is 9.10. The summed E-state index contributed by atoms with van der Waals surface area (Å²) in [6, 6.07) is 13.8. The number of ether oxygens (including phenoxy) is 2. The Morgan fingerprint density at radius 2 is 1.78 bits per heavy atom.